The van der Waals surface area contributed by atoms with Crippen LogP contribution in [-0.2, 0) is 19.1 Å². The molecule has 1 unspecified atom stereocenters. The molecule has 0 amide bonds. The molecule has 0 aliphatic rings. The molecule has 0 bridgehead atoms. The first-order valence-corrected chi connectivity index (χ1v) is 6.58. The highest BCUT2D eigenvalue weighted by molar-refractivity contribution is 5.90. The molecule has 5 nitrogen and oxygen atoms in total. The van der Waals surface area contributed by atoms with Gasteiger partial charge in [-0.1, -0.05) is 30.3 Å². The molecule has 1 atom stereocenters. The van der Waals surface area contributed by atoms with Crippen LogP contribution in [0.4, 0.5) is 0 Å². The van der Waals surface area contributed by atoms with Crippen LogP contribution in [0.2, 0.25) is 0 Å². The summed E-state index contributed by atoms with van der Waals surface area (Å²) < 4.78 is 9.92. The number of benzene rings is 1. The molecule has 1 rings (SSSR count). The average Bonchev–Trinajstić information content (AvgIpc) is 2.42. The number of hydrogen-bond donors (Lipinski definition) is 1. The summed E-state index contributed by atoms with van der Waals surface area (Å²) in [5, 5.41) is 0. The van der Waals surface area contributed by atoms with E-state index >= 15 is 0 Å². The Morgan fingerprint density at radius 3 is 2.24 bits per heavy atom. The summed E-state index contributed by atoms with van der Waals surface area (Å²) in [4.78, 5) is 23.8. The monoisotopic (exact) mass is 291 g/mol. The lowest BCUT2D eigenvalue weighted by Crippen LogP contribution is -2.28. The van der Waals surface area contributed by atoms with Crippen LogP contribution in [0.15, 0.2) is 42.1 Å². The minimum Gasteiger partial charge on any atom is -0.464 e. The SMILES string of the molecule is COC(=O)C(N)=CC(C(=O)OC(C)(C)C)c1ccccc1. The van der Waals surface area contributed by atoms with Crippen molar-refractivity contribution in [3.8, 4) is 0 Å². The van der Waals surface area contributed by atoms with E-state index in [9.17, 15) is 9.59 Å². The Hall–Kier alpha value is -2.30. The van der Waals surface area contributed by atoms with Crippen LogP contribution in [0.5, 0.6) is 0 Å². The van der Waals surface area contributed by atoms with Gasteiger partial charge in [0.15, 0.2) is 0 Å². The van der Waals surface area contributed by atoms with Crippen LogP contribution in [0.3, 0.4) is 0 Å². The predicted octanol–water partition coefficient (Wildman–Crippen LogP) is 2.13. The molecule has 0 aromatic heterocycles. The van der Waals surface area contributed by atoms with Gasteiger partial charge in [0.1, 0.15) is 17.2 Å². The van der Waals surface area contributed by atoms with Crippen molar-refractivity contribution in [3.63, 3.8) is 0 Å². The summed E-state index contributed by atoms with van der Waals surface area (Å²) in [6.45, 7) is 5.33. The molecule has 2 N–H and O–H groups in total. The number of carbonyl (C=O) groups is 2. The average molecular weight is 291 g/mol. The topological polar surface area (TPSA) is 78.6 Å². The van der Waals surface area contributed by atoms with E-state index in [1.165, 1.54) is 13.2 Å². The molecule has 0 saturated carbocycles. The Morgan fingerprint density at radius 2 is 1.76 bits per heavy atom. The third kappa shape index (κ3) is 5.30. The molecule has 5 heteroatoms. The minimum absolute atomic E-state index is 0.128. The van der Waals surface area contributed by atoms with Gasteiger partial charge < -0.3 is 15.2 Å². The summed E-state index contributed by atoms with van der Waals surface area (Å²) in [7, 11) is 1.23. The zero-order chi connectivity index (χ0) is 16.0. The third-order valence-electron chi connectivity index (χ3n) is 2.59. The van der Waals surface area contributed by atoms with E-state index in [1.54, 1.807) is 45.0 Å². The molecular formula is C16H21NO4. The Kier molecular flexibility index (Phi) is 5.52. The van der Waals surface area contributed by atoms with Crippen molar-refractivity contribution in [1.82, 2.24) is 0 Å². The molecule has 0 heterocycles. The van der Waals surface area contributed by atoms with Crippen molar-refractivity contribution >= 4 is 11.9 Å². The van der Waals surface area contributed by atoms with Crippen LogP contribution in [0, 0.1) is 0 Å². The van der Waals surface area contributed by atoms with Crippen molar-refractivity contribution < 1.29 is 19.1 Å². The quantitative estimate of drug-likeness (QED) is 0.679. The molecule has 0 fully saturated rings. The van der Waals surface area contributed by atoms with Gasteiger partial charge in [0.05, 0.1) is 7.11 Å². The van der Waals surface area contributed by atoms with Crippen LogP contribution >= 0.6 is 0 Å². The van der Waals surface area contributed by atoms with Gasteiger partial charge in [-0.2, -0.15) is 0 Å². The van der Waals surface area contributed by atoms with Gasteiger partial charge in [0.2, 0.25) is 0 Å². The van der Waals surface area contributed by atoms with Crippen molar-refractivity contribution in [3.05, 3.63) is 47.7 Å². The normalized spacial score (nSPS) is 13.4. The number of methoxy groups -OCH3 is 1. The lowest BCUT2D eigenvalue weighted by Gasteiger charge is -2.23. The Morgan fingerprint density at radius 1 is 1.19 bits per heavy atom. The standard InChI is InChI=1S/C16H21NO4/c1-16(2,3)21-14(18)12(10-13(17)15(19)20-4)11-8-6-5-7-9-11/h5-10,12H,17H2,1-4H3. The Labute approximate surface area is 124 Å². The minimum atomic E-state index is -0.760. The molecule has 114 valence electrons. The van der Waals surface area contributed by atoms with E-state index in [0.29, 0.717) is 5.56 Å². The number of hydrogen-bond acceptors (Lipinski definition) is 5. The summed E-state index contributed by atoms with van der Waals surface area (Å²) >= 11 is 0. The van der Waals surface area contributed by atoms with E-state index < -0.39 is 23.5 Å². The zero-order valence-electron chi connectivity index (χ0n) is 12.8. The second kappa shape index (κ2) is 6.92. The number of carbonyl (C=O) groups excluding carboxylic acids is 2. The predicted molar refractivity (Wildman–Crippen MR) is 79.3 cm³/mol. The maximum absolute atomic E-state index is 12.3. The van der Waals surface area contributed by atoms with E-state index in [1.807, 2.05) is 6.07 Å². The first-order chi connectivity index (χ1) is 9.74. The molecule has 0 aliphatic carbocycles. The Balaban J connectivity index is 3.13. The lowest BCUT2D eigenvalue weighted by molar-refractivity contribution is -0.155. The van der Waals surface area contributed by atoms with E-state index in [0.717, 1.165) is 0 Å². The van der Waals surface area contributed by atoms with Crippen LogP contribution in [0.25, 0.3) is 0 Å². The molecule has 1 aromatic carbocycles. The fourth-order valence-electron chi connectivity index (χ4n) is 1.69. The molecule has 0 radical (unpaired) electrons. The third-order valence-corrected chi connectivity index (χ3v) is 2.59. The molecular weight excluding hydrogens is 270 g/mol. The van der Waals surface area contributed by atoms with Gasteiger partial charge in [-0.25, -0.2) is 4.79 Å². The van der Waals surface area contributed by atoms with Crippen molar-refractivity contribution in [2.24, 2.45) is 5.73 Å². The van der Waals surface area contributed by atoms with Crippen molar-refractivity contribution in [2.75, 3.05) is 7.11 Å². The van der Waals surface area contributed by atoms with Crippen LogP contribution in [-0.4, -0.2) is 24.6 Å². The number of esters is 2. The lowest BCUT2D eigenvalue weighted by atomic mass is 9.97. The van der Waals surface area contributed by atoms with Crippen LogP contribution < -0.4 is 5.73 Å². The number of ether oxygens (including phenoxy) is 2. The molecule has 0 spiro atoms. The van der Waals surface area contributed by atoms with Gasteiger partial charge in [-0.15, -0.1) is 0 Å². The maximum atomic E-state index is 12.3. The molecule has 1 aromatic rings. The van der Waals surface area contributed by atoms with E-state index in [-0.39, 0.29) is 5.70 Å². The second-order valence-electron chi connectivity index (χ2n) is 5.54. The second-order valence-corrected chi connectivity index (χ2v) is 5.54. The maximum Gasteiger partial charge on any atom is 0.353 e. The fourth-order valence-corrected chi connectivity index (χ4v) is 1.69. The van der Waals surface area contributed by atoms with Gasteiger partial charge in [-0.05, 0) is 32.4 Å². The van der Waals surface area contributed by atoms with Gasteiger partial charge in [0, 0.05) is 0 Å². The van der Waals surface area contributed by atoms with Crippen LogP contribution in [0.1, 0.15) is 32.3 Å². The van der Waals surface area contributed by atoms with Gasteiger partial charge in [0.25, 0.3) is 0 Å². The number of nitrogens with two attached hydrogens (primary N) is 1. The van der Waals surface area contributed by atoms with E-state index in [4.69, 9.17) is 10.5 Å². The highest BCUT2D eigenvalue weighted by Gasteiger charge is 2.26. The van der Waals surface area contributed by atoms with E-state index in [2.05, 4.69) is 4.74 Å². The fraction of sp³-hybridized carbons (Fsp3) is 0.375. The highest BCUT2D eigenvalue weighted by Crippen LogP contribution is 2.23. The first-order valence-electron chi connectivity index (χ1n) is 6.58. The largest absolute Gasteiger partial charge is 0.464 e. The molecule has 21 heavy (non-hydrogen) atoms. The summed E-state index contributed by atoms with van der Waals surface area (Å²) in [5.74, 6) is -1.91. The van der Waals surface area contributed by atoms with Gasteiger partial charge in [-0.3, -0.25) is 4.79 Å². The van der Waals surface area contributed by atoms with Gasteiger partial charge >= 0.3 is 11.9 Å². The summed E-state index contributed by atoms with van der Waals surface area (Å²) in [6, 6.07) is 8.98. The van der Waals surface area contributed by atoms with Crippen molar-refractivity contribution in [2.45, 2.75) is 32.3 Å². The Bertz CT molecular complexity index is 529. The smallest absolute Gasteiger partial charge is 0.353 e. The molecule has 0 aliphatic heterocycles. The molecule has 0 saturated heterocycles. The van der Waals surface area contributed by atoms with Crippen molar-refractivity contribution in [1.29, 1.82) is 0 Å². The zero-order valence-corrected chi connectivity index (χ0v) is 12.8. The summed E-state index contributed by atoms with van der Waals surface area (Å²) in [6.07, 6.45) is 1.36. The summed E-state index contributed by atoms with van der Waals surface area (Å²) in [5.41, 5.74) is 5.58. The highest BCUT2D eigenvalue weighted by atomic mass is 16.6. The first kappa shape index (κ1) is 16.8. The number of rotatable bonds is 4.